The molecule has 2 rings (SSSR count). The van der Waals surface area contributed by atoms with E-state index in [-0.39, 0.29) is 25.0 Å². The zero-order chi connectivity index (χ0) is 17.5. The first-order chi connectivity index (χ1) is 11.5. The molecule has 1 aromatic rings. The number of carbonyl (C=O) groups is 2. The molecule has 0 unspecified atom stereocenters. The number of carboxylic acid groups (broad SMARTS) is 1. The highest BCUT2D eigenvalue weighted by Gasteiger charge is 2.24. The Bertz CT molecular complexity index is 582. The van der Waals surface area contributed by atoms with Crippen LogP contribution in [0.5, 0.6) is 11.5 Å². The molecule has 1 atom stereocenters. The number of rotatable bonds is 8. The van der Waals surface area contributed by atoms with Gasteiger partial charge < -0.3 is 24.2 Å². The molecule has 1 aromatic carbocycles. The summed E-state index contributed by atoms with van der Waals surface area (Å²) in [7, 11) is 3.02. The SMILES string of the molecule is COc1ccc(C(=O)N(CCC(=O)O)C[C@@H]2CCCO2)cc1OC. The van der Waals surface area contributed by atoms with Crippen molar-refractivity contribution >= 4 is 11.9 Å². The molecule has 1 aliphatic rings. The summed E-state index contributed by atoms with van der Waals surface area (Å²) in [6.07, 6.45) is 1.69. The third kappa shape index (κ3) is 4.61. The number of ether oxygens (including phenoxy) is 3. The van der Waals surface area contributed by atoms with Crippen LogP contribution in [0.2, 0.25) is 0 Å². The van der Waals surface area contributed by atoms with Crippen molar-refractivity contribution in [3.05, 3.63) is 23.8 Å². The third-order valence-corrected chi connectivity index (χ3v) is 3.96. The van der Waals surface area contributed by atoms with Gasteiger partial charge in [0.15, 0.2) is 11.5 Å². The number of amides is 1. The van der Waals surface area contributed by atoms with Crippen LogP contribution in [-0.2, 0) is 9.53 Å². The maximum atomic E-state index is 12.8. The smallest absolute Gasteiger partial charge is 0.305 e. The zero-order valence-electron chi connectivity index (χ0n) is 14.0. The van der Waals surface area contributed by atoms with E-state index in [1.165, 1.54) is 19.1 Å². The lowest BCUT2D eigenvalue weighted by Gasteiger charge is -2.25. The van der Waals surface area contributed by atoms with Crippen molar-refractivity contribution in [1.29, 1.82) is 0 Å². The average Bonchev–Trinajstić information content (AvgIpc) is 3.10. The Morgan fingerprint density at radius 3 is 2.62 bits per heavy atom. The molecule has 1 N–H and O–H groups in total. The van der Waals surface area contributed by atoms with E-state index >= 15 is 0 Å². The van der Waals surface area contributed by atoms with Crippen LogP contribution in [0.25, 0.3) is 0 Å². The fourth-order valence-corrected chi connectivity index (χ4v) is 2.69. The molecular formula is C17H23NO6. The Morgan fingerprint density at radius 2 is 2.04 bits per heavy atom. The summed E-state index contributed by atoms with van der Waals surface area (Å²) < 4.78 is 16.0. The molecule has 7 nitrogen and oxygen atoms in total. The molecule has 7 heteroatoms. The van der Waals surface area contributed by atoms with Crippen LogP contribution >= 0.6 is 0 Å². The highest BCUT2D eigenvalue weighted by Crippen LogP contribution is 2.28. The fourth-order valence-electron chi connectivity index (χ4n) is 2.69. The molecule has 0 aromatic heterocycles. The van der Waals surface area contributed by atoms with E-state index in [4.69, 9.17) is 19.3 Å². The number of carbonyl (C=O) groups excluding carboxylic acids is 1. The Balaban J connectivity index is 2.16. The van der Waals surface area contributed by atoms with E-state index in [0.717, 1.165) is 12.8 Å². The van der Waals surface area contributed by atoms with Gasteiger partial charge in [0.2, 0.25) is 0 Å². The molecule has 1 fully saturated rings. The molecule has 1 saturated heterocycles. The molecular weight excluding hydrogens is 314 g/mol. The predicted octanol–water partition coefficient (Wildman–Crippen LogP) is 1.80. The Kier molecular flexibility index (Phi) is 6.43. The van der Waals surface area contributed by atoms with Gasteiger partial charge in [-0.3, -0.25) is 9.59 Å². The molecule has 0 aliphatic carbocycles. The van der Waals surface area contributed by atoms with Gasteiger partial charge in [0.05, 0.1) is 26.7 Å². The molecule has 1 heterocycles. The van der Waals surface area contributed by atoms with Crippen molar-refractivity contribution in [2.45, 2.75) is 25.4 Å². The summed E-state index contributed by atoms with van der Waals surface area (Å²) in [6, 6.07) is 4.91. The lowest BCUT2D eigenvalue weighted by atomic mass is 10.1. The number of carboxylic acids is 1. The summed E-state index contributed by atoms with van der Waals surface area (Å²) >= 11 is 0. The van der Waals surface area contributed by atoms with Crippen LogP contribution < -0.4 is 9.47 Å². The van der Waals surface area contributed by atoms with Gasteiger partial charge in [0, 0.05) is 25.3 Å². The van der Waals surface area contributed by atoms with Crippen molar-refractivity contribution in [1.82, 2.24) is 4.90 Å². The number of methoxy groups -OCH3 is 2. The first kappa shape index (κ1) is 18.1. The maximum Gasteiger partial charge on any atom is 0.305 e. The van der Waals surface area contributed by atoms with Crippen molar-refractivity contribution in [3.8, 4) is 11.5 Å². The molecule has 24 heavy (non-hydrogen) atoms. The number of nitrogens with zero attached hydrogens (tertiary/aromatic N) is 1. The number of hydrogen-bond donors (Lipinski definition) is 1. The minimum atomic E-state index is -0.938. The molecule has 1 aliphatic heterocycles. The van der Waals surface area contributed by atoms with E-state index < -0.39 is 5.97 Å². The summed E-state index contributed by atoms with van der Waals surface area (Å²) in [6.45, 7) is 1.21. The van der Waals surface area contributed by atoms with Gasteiger partial charge in [-0.05, 0) is 31.0 Å². The quantitative estimate of drug-likeness (QED) is 0.778. The highest BCUT2D eigenvalue weighted by atomic mass is 16.5. The summed E-state index contributed by atoms with van der Waals surface area (Å²) in [5.41, 5.74) is 0.427. The Hall–Kier alpha value is -2.28. The minimum absolute atomic E-state index is 0.0390. The van der Waals surface area contributed by atoms with Crippen molar-refractivity contribution in [3.63, 3.8) is 0 Å². The lowest BCUT2D eigenvalue weighted by molar-refractivity contribution is -0.137. The second-order valence-corrected chi connectivity index (χ2v) is 5.60. The average molecular weight is 337 g/mol. The normalized spacial score (nSPS) is 16.7. The first-order valence-electron chi connectivity index (χ1n) is 7.90. The topological polar surface area (TPSA) is 85.3 Å². The van der Waals surface area contributed by atoms with Gasteiger partial charge in [-0.1, -0.05) is 0 Å². The van der Waals surface area contributed by atoms with Gasteiger partial charge in [0.25, 0.3) is 5.91 Å². The molecule has 0 spiro atoms. The minimum Gasteiger partial charge on any atom is -0.493 e. The number of aliphatic carboxylic acids is 1. The summed E-state index contributed by atoms with van der Waals surface area (Å²) in [4.78, 5) is 25.2. The third-order valence-electron chi connectivity index (χ3n) is 3.96. The van der Waals surface area contributed by atoms with Crippen molar-refractivity contribution in [2.24, 2.45) is 0 Å². The molecule has 132 valence electrons. The van der Waals surface area contributed by atoms with Gasteiger partial charge in [0.1, 0.15) is 0 Å². The van der Waals surface area contributed by atoms with E-state index in [0.29, 0.717) is 30.2 Å². The van der Waals surface area contributed by atoms with Crippen LogP contribution in [0.4, 0.5) is 0 Å². The van der Waals surface area contributed by atoms with E-state index in [9.17, 15) is 9.59 Å². The second-order valence-electron chi connectivity index (χ2n) is 5.60. The Morgan fingerprint density at radius 1 is 1.29 bits per heavy atom. The van der Waals surface area contributed by atoms with Crippen molar-refractivity contribution in [2.75, 3.05) is 33.9 Å². The first-order valence-corrected chi connectivity index (χ1v) is 7.90. The van der Waals surface area contributed by atoms with Crippen LogP contribution in [0.1, 0.15) is 29.6 Å². The Labute approximate surface area is 141 Å². The largest absolute Gasteiger partial charge is 0.493 e. The van der Waals surface area contributed by atoms with Crippen LogP contribution in [0.3, 0.4) is 0 Å². The summed E-state index contributed by atoms with van der Waals surface area (Å²) in [5.74, 6) is -0.191. The molecule has 0 saturated carbocycles. The lowest BCUT2D eigenvalue weighted by Crippen LogP contribution is -2.38. The van der Waals surface area contributed by atoms with E-state index in [1.54, 1.807) is 18.2 Å². The van der Waals surface area contributed by atoms with Crippen LogP contribution in [0.15, 0.2) is 18.2 Å². The number of benzene rings is 1. The fraction of sp³-hybridized carbons (Fsp3) is 0.529. The predicted molar refractivity (Wildman–Crippen MR) is 86.7 cm³/mol. The number of hydrogen-bond acceptors (Lipinski definition) is 5. The van der Waals surface area contributed by atoms with Gasteiger partial charge in [-0.25, -0.2) is 0 Å². The zero-order valence-corrected chi connectivity index (χ0v) is 14.0. The monoisotopic (exact) mass is 337 g/mol. The highest BCUT2D eigenvalue weighted by molar-refractivity contribution is 5.95. The summed E-state index contributed by atoms with van der Waals surface area (Å²) in [5, 5.41) is 8.92. The second kappa shape index (κ2) is 8.54. The standard InChI is InChI=1S/C17H23NO6/c1-22-14-6-5-12(10-15(14)23-2)17(21)18(8-7-16(19)20)11-13-4-3-9-24-13/h5-6,10,13H,3-4,7-9,11H2,1-2H3,(H,19,20)/t13-/m0/s1. The molecule has 0 radical (unpaired) electrons. The van der Waals surface area contributed by atoms with Gasteiger partial charge >= 0.3 is 5.97 Å². The van der Waals surface area contributed by atoms with Gasteiger partial charge in [-0.2, -0.15) is 0 Å². The van der Waals surface area contributed by atoms with Crippen LogP contribution in [0, 0.1) is 0 Å². The van der Waals surface area contributed by atoms with Gasteiger partial charge in [-0.15, -0.1) is 0 Å². The van der Waals surface area contributed by atoms with E-state index in [2.05, 4.69) is 0 Å². The van der Waals surface area contributed by atoms with Crippen molar-refractivity contribution < 1.29 is 28.9 Å². The van der Waals surface area contributed by atoms with E-state index in [1.807, 2.05) is 0 Å². The molecule has 0 bridgehead atoms. The molecule has 1 amide bonds. The maximum absolute atomic E-state index is 12.8. The van der Waals surface area contributed by atoms with Crippen LogP contribution in [-0.4, -0.2) is 61.9 Å².